The molecule has 0 radical (unpaired) electrons. The molecule has 1 heterocycles. The SMILES string of the molecule is COCCNC(C(=O)OC)c1ccc2c(c1)OCCO2. The summed E-state index contributed by atoms with van der Waals surface area (Å²) >= 11 is 0. The lowest BCUT2D eigenvalue weighted by Gasteiger charge is -2.21. The van der Waals surface area contributed by atoms with Gasteiger partial charge in [0.25, 0.3) is 0 Å². The molecule has 0 aromatic heterocycles. The predicted molar refractivity (Wildman–Crippen MR) is 72.1 cm³/mol. The minimum atomic E-state index is -0.550. The van der Waals surface area contributed by atoms with Gasteiger partial charge < -0.3 is 18.9 Å². The number of nitrogens with one attached hydrogen (secondary N) is 1. The highest BCUT2D eigenvalue weighted by Gasteiger charge is 2.23. The van der Waals surface area contributed by atoms with Crippen LogP contribution >= 0.6 is 0 Å². The van der Waals surface area contributed by atoms with Crippen molar-refractivity contribution < 1.29 is 23.7 Å². The molecular weight excluding hydrogens is 262 g/mol. The van der Waals surface area contributed by atoms with Crippen LogP contribution in [0.1, 0.15) is 11.6 Å². The Hall–Kier alpha value is -1.79. The molecule has 0 bridgehead atoms. The summed E-state index contributed by atoms with van der Waals surface area (Å²) in [7, 11) is 2.98. The number of hydrogen-bond acceptors (Lipinski definition) is 6. The maximum atomic E-state index is 11.9. The van der Waals surface area contributed by atoms with Crippen molar-refractivity contribution in [1.82, 2.24) is 5.32 Å². The zero-order valence-electron chi connectivity index (χ0n) is 11.7. The molecule has 0 fully saturated rings. The lowest BCUT2D eigenvalue weighted by atomic mass is 10.1. The van der Waals surface area contributed by atoms with E-state index in [4.69, 9.17) is 18.9 Å². The van der Waals surface area contributed by atoms with Gasteiger partial charge in [-0.15, -0.1) is 0 Å². The van der Waals surface area contributed by atoms with Crippen LogP contribution in [-0.4, -0.2) is 46.6 Å². The fourth-order valence-corrected chi connectivity index (χ4v) is 2.00. The molecule has 1 atom stereocenters. The Morgan fingerprint density at radius 3 is 2.75 bits per heavy atom. The normalized spacial score (nSPS) is 14.7. The van der Waals surface area contributed by atoms with Crippen LogP contribution in [0.15, 0.2) is 18.2 Å². The summed E-state index contributed by atoms with van der Waals surface area (Å²) in [6.45, 7) is 2.11. The van der Waals surface area contributed by atoms with Crippen LogP contribution in [-0.2, 0) is 14.3 Å². The molecule has 6 heteroatoms. The van der Waals surface area contributed by atoms with Gasteiger partial charge in [0.05, 0.1) is 13.7 Å². The van der Waals surface area contributed by atoms with Crippen molar-refractivity contribution in [1.29, 1.82) is 0 Å². The van der Waals surface area contributed by atoms with Crippen molar-refractivity contribution in [2.24, 2.45) is 0 Å². The molecule has 1 aromatic carbocycles. The summed E-state index contributed by atoms with van der Waals surface area (Å²) in [6.07, 6.45) is 0. The lowest BCUT2D eigenvalue weighted by Crippen LogP contribution is -2.32. The number of carbonyl (C=O) groups is 1. The Labute approximate surface area is 118 Å². The second-order valence-corrected chi connectivity index (χ2v) is 4.31. The average molecular weight is 281 g/mol. The van der Waals surface area contributed by atoms with Crippen LogP contribution in [0.4, 0.5) is 0 Å². The Morgan fingerprint density at radius 1 is 1.30 bits per heavy atom. The predicted octanol–water partition coefficient (Wildman–Crippen LogP) is 0.908. The smallest absolute Gasteiger partial charge is 0.327 e. The van der Waals surface area contributed by atoms with Crippen LogP contribution in [0.3, 0.4) is 0 Å². The van der Waals surface area contributed by atoms with Gasteiger partial charge in [0.15, 0.2) is 11.5 Å². The van der Waals surface area contributed by atoms with Crippen molar-refractivity contribution in [3.63, 3.8) is 0 Å². The molecule has 0 saturated carbocycles. The van der Waals surface area contributed by atoms with Gasteiger partial charge in [0.1, 0.15) is 19.3 Å². The van der Waals surface area contributed by atoms with E-state index in [1.807, 2.05) is 6.07 Å². The zero-order valence-corrected chi connectivity index (χ0v) is 11.7. The van der Waals surface area contributed by atoms with E-state index in [2.05, 4.69) is 5.32 Å². The van der Waals surface area contributed by atoms with Crippen LogP contribution in [0.2, 0.25) is 0 Å². The second kappa shape index (κ2) is 7.12. The number of carbonyl (C=O) groups excluding carboxylic acids is 1. The average Bonchev–Trinajstić information content (AvgIpc) is 2.50. The van der Waals surface area contributed by atoms with Gasteiger partial charge in [0.2, 0.25) is 0 Å². The van der Waals surface area contributed by atoms with Crippen LogP contribution in [0.25, 0.3) is 0 Å². The van der Waals surface area contributed by atoms with Crippen molar-refractivity contribution in [2.45, 2.75) is 6.04 Å². The highest BCUT2D eigenvalue weighted by atomic mass is 16.6. The largest absolute Gasteiger partial charge is 0.486 e. The quantitative estimate of drug-likeness (QED) is 0.617. The highest BCUT2D eigenvalue weighted by molar-refractivity contribution is 5.78. The van der Waals surface area contributed by atoms with Crippen molar-refractivity contribution >= 4 is 5.97 Å². The van der Waals surface area contributed by atoms with Crippen LogP contribution in [0, 0.1) is 0 Å². The maximum absolute atomic E-state index is 11.9. The number of rotatable bonds is 6. The van der Waals surface area contributed by atoms with Gasteiger partial charge in [-0.05, 0) is 17.7 Å². The monoisotopic (exact) mass is 281 g/mol. The lowest BCUT2D eigenvalue weighted by molar-refractivity contribution is -0.143. The number of benzene rings is 1. The van der Waals surface area contributed by atoms with E-state index < -0.39 is 6.04 Å². The summed E-state index contributed by atoms with van der Waals surface area (Å²) in [4.78, 5) is 11.9. The third-order valence-corrected chi connectivity index (χ3v) is 2.99. The Morgan fingerprint density at radius 2 is 2.05 bits per heavy atom. The van der Waals surface area contributed by atoms with Gasteiger partial charge >= 0.3 is 5.97 Å². The van der Waals surface area contributed by atoms with E-state index >= 15 is 0 Å². The molecule has 0 aliphatic carbocycles. The molecule has 0 saturated heterocycles. The standard InChI is InChI=1S/C14H19NO5/c1-17-6-5-15-13(14(16)18-2)10-3-4-11-12(9-10)20-8-7-19-11/h3-4,9,13,15H,5-8H2,1-2H3. The molecule has 1 aromatic rings. The Balaban J connectivity index is 2.17. The number of methoxy groups -OCH3 is 2. The molecular formula is C14H19NO5. The second-order valence-electron chi connectivity index (χ2n) is 4.31. The molecule has 20 heavy (non-hydrogen) atoms. The Bertz CT molecular complexity index is 463. The molecule has 2 rings (SSSR count). The summed E-state index contributed by atoms with van der Waals surface area (Å²) in [5.74, 6) is 0.995. The van der Waals surface area contributed by atoms with Crippen molar-refractivity contribution in [3.8, 4) is 11.5 Å². The van der Waals surface area contributed by atoms with E-state index in [1.165, 1.54) is 7.11 Å². The van der Waals surface area contributed by atoms with Gasteiger partial charge in [-0.2, -0.15) is 0 Å². The van der Waals surface area contributed by atoms with Gasteiger partial charge in [-0.1, -0.05) is 6.07 Å². The molecule has 0 amide bonds. The van der Waals surface area contributed by atoms with E-state index in [-0.39, 0.29) is 5.97 Å². The van der Waals surface area contributed by atoms with Gasteiger partial charge in [-0.3, -0.25) is 5.32 Å². The fraction of sp³-hybridized carbons (Fsp3) is 0.500. The molecule has 1 aliphatic rings. The number of hydrogen-bond donors (Lipinski definition) is 1. The highest BCUT2D eigenvalue weighted by Crippen LogP contribution is 2.32. The third kappa shape index (κ3) is 3.40. The van der Waals surface area contributed by atoms with E-state index in [1.54, 1.807) is 19.2 Å². The molecule has 110 valence electrons. The Kier molecular flexibility index (Phi) is 5.20. The number of ether oxygens (including phenoxy) is 4. The van der Waals surface area contributed by atoms with Crippen molar-refractivity contribution in [3.05, 3.63) is 23.8 Å². The molecule has 0 spiro atoms. The van der Waals surface area contributed by atoms with Crippen LogP contribution < -0.4 is 14.8 Å². The molecule has 6 nitrogen and oxygen atoms in total. The first-order chi connectivity index (χ1) is 9.76. The van der Waals surface area contributed by atoms with E-state index in [0.29, 0.717) is 37.9 Å². The minimum Gasteiger partial charge on any atom is -0.486 e. The first-order valence-electron chi connectivity index (χ1n) is 6.46. The fourth-order valence-electron chi connectivity index (χ4n) is 2.00. The minimum absolute atomic E-state index is 0.349. The molecule has 1 unspecified atom stereocenters. The summed E-state index contributed by atoms with van der Waals surface area (Å²) < 4.78 is 20.8. The van der Waals surface area contributed by atoms with Gasteiger partial charge in [-0.25, -0.2) is 4.79 Å². The van der Waals surface area contributed by atoms with E-state index in [0.717, 1.165) is 5.56 Å². The first-order valence-corrected chi connectivity index (χ1v) is 6.46. The van der Waals surface area contributed by atoms with Crippen molar-refractivity contribution in [2.75, 3.05) is 40.6 Å². The first kappa shape index (κ1) is 14.6. The summed E-state index contributed by atoms with van der Waals surface area (Å²) in [5, 5.41) is 3.10. The van der Waals surface area contributed by atoms with E-state index in [9.17, 15) is 4.79 Å². The number of esters is 1. The summed E-state index contributed by atoms with van der Waals surface area (Å²) in [6, 6.07) is 4.88. The zero-order chi connectivity index (χ0) is 14.4. The van der Waals surface area contributed by atoms with Gasteiger partial charge in [0, 0.05) is 13.7 Å². The molecule has 1 aliphatic heterocycles. The maximum Gasteiger partial charge on any atom is 0.327 e. The topological polar surface area (TPSA) is 66.0 Å². The number of fused-ring (bicyclic) bond motifs is 1. The van der Waals surface area contributed by atoms with Crippen LogP contribution in [0.5, 0.6) is 11.5 Å². The molecule has 1 N–H and O–H groups in total. The summed E-state index contributed by atoms with van der Waals surface area (Å²) in [5.41, 5.74) is 0.775. The third-order valence-electron chi connectivity index (χ3n) is 2.99.